The first-order valence-electron chi connectivity index (χ1n) is 9.76. The van der Waals surface area contributed by atoms with Crippen molar-refractivity contribution in [2.24, 2.45) is 5.73 Å². The third-order valence-electron chi connectivity index (χ3n) is 5.18. The fraction of sp³-hybridized carbons (Fsp3) is 0.364. The van der Waals surface area contributed by atoms with E-state index in [1.165, 1.54) is 30.3 Å². The zero-order valence-electron chi connectivity index (χ0n) is 16.1. The van der Waals surface area contributed by atoms with Crippen LogP contribution in [0.5, 0.6) is 0 Å². The van der Waals surface area contributed by atoms with Crippen molar-refractivity contribution in [3.05, 3.63) is 71.3 Å². The molecule has 29 heavy (non-hydrogen) atoms. The van der Waals surface area contributed by atoms with Crippen LogP contribution in [0, 0.1) is 11.6 Å². The molecule has 0 aliphatic carbocycles. The first kappa shape index (κ1) is 20.9. The van der Waals surface area contributed by atoms with Gasteiger partial charge in [-0.25, -0.2) is 8.78 Å². The molecule has 5 nitrogen and oxygen atoms in total. The molecule has 2 aromatic carbocycles. The Morgan fingerprint density at radius 3 is 2.59 bits per heavy atom. The molecule has 154 valence electrons. The molecular weight excluding hydrogens is 376 g/mol. The van der Waals surface area contributed by atoms with Crippen LogP contribution < -0.4 is 11.1 Å². The van der Waals surface area contributed by atoms with E-state index in [2.05, 4.69) is 5.32 Å². The first-order valence-corrected chi connectivity index (χ1v) is 9.76. The number of nitrogens with one attached hydrogen (secondary N) is 1. The molecule has 0 aromatic heterocycles. The summed E-state index contributed by atoms with van der Waals surface area (Å²) in [7, 11) is 0. The third-order valence-corrected chi connectivity index (χ3v) is 5.18. The van der Waals surface area contributed by atoms with Crippen molar-refractivity contribution in [3.63, 3.8) is 0 Å². The minimum Gasteiger partial charge on any atom is -0.350 e. The minimum atomic E-state index is -0.477. The van der Waals surface area contributed by atoms with Crippen LogP contribution in [0.4, 0.5) is 8.78 Å². The summed E-state index contributed by atoms with van der Waals surface area (Å²) < 4.78 is 26.8. The van der Waals surface area contributed by atoms with E-state index in [1.54, 1.807) is 23.1 Å². The average Bonchev–Trinajstić information content (AvgIpc) is 3.17. The number of amides is 2. The number of hydrogen-bond acceptors (Lipinski definition) is 3. The predicted octanol–water partition coefficient (Wildman–Crippen LogP) is 2.65. The van der Waals surface area contributed by atoms with Crippen LogP contribution in [-0.2, 0) is 11.2 Å². The Labute approximate surface area is 168 Å². The van der Waals surface area contributed by atoms with Gasteiger partial charge in [0.1, 0.15) is 11.6 Å². The van der Waals surface area contributed by atoms with E-state index >= 15 is 0 Å². The lowest BCUT2D eigenvalue weighted by Crippen LogP contribution is -2.45. The number of nitrogens with two attached hydrogens (primary N) is 1. The standard InChI is InChI=1S/C22H25F2N3O2/c23-17-9-7-15(8-10-17)22(29)26-14-19-5-3-11-27(19)21(28)13-18(25)12-16-4-1-2-6-20(16)24/h1-2,4,6-10,18-19H,3,5,11-14,25H2,(H,26,29)/t18-,19+/m1/s1. The fourth-order valence-corrected chi connectivity index (χ4v) is 3.65. The predicted molar refractivity (Wildman–Crippen MR) is 106 cm³/mol. The normalized spacial score (nSPS) is 17.2. The zero-order valence-corrected chi connectivity index (χ0v) is 16.1. The number of hydrogen-bond donors (Lipinski definition) is 2. The number of carbonyl (C=O) groups excluding carboxylic acids is 2. The SMILES string of the molecule is N[C@@H](CC(=O)N1CCC[C@H]1CNC(=O)c1ccc(F)cc1)Cc1ccccc1F. The Morgan fingerprint density at radius 2 is 1.86 bits per heavy atom. The topological polar surface area (TPSA) is 75.4 Å². The van der Waals surface area contributed by atoms with Crippen LogP contribution in [0.25, 0.3) is 0 Å². The van der Waals surface area contributed by atoms with Gasteiger partial charge in [-0.2, -0.15) is 0 Å². The maximum absolute atomic E-state index is 13.8. The lowest BCUT2D eigenvalue weighted by molar-refractivity contribution is -0.132. The molecule has 1 fully saturated rings. The van der Waals surface area contributed by atoms with Gasteiger partial charge in [-0.05, 0) is 55.2 Å². The van der Waals surface area contributed by atoms with E-state index in [4.69, 9.17) is 5.73 Å². The van der Waals surface area contributed by atoms with E-state index in [9.17, 15) is 18.4 Å². The highest BCUT2D eigenvalue weighted by molar-refractivity contribution is 5.94. The number of carbonyl (C=O) groups is 2. The molecule has 1 saturated heterocycles. The lowest BCUT2D eigenvalue weighted by atomic mass is 10.0. The molecular formula is C22H25F2N3O2. The number of halogens is 2. The smallest absolute Gasteiger partial charge is 0.251 e. The Balaban J connectivity index is 1.51. The summed E-state index contributed by atoms with van der Waals surface area (Å²) in [6.07, 6.45) is 2.05. The molecule has 7 heteroatoms. The first-order chi connectivity index (χ1) is 13.9. The summed E-state index contributed by atoms with van der Waals surface area (Å²) in [5.41, 5.74) is 6.95. The summed E-state index contributed by atoms with van der Waals surface area (Å²) in [4.78, 5) is 26.6. The summed E-state index contributed by atoms with van der Waals surface area (Å²) in [6.45, 7) is 0.937. The Kier molecular flexibility index (Phi) is 6.93. The summed E-state index contributed by atoms with van der Waals surface area (Å²) in [6, 6.07) is 11.1. The minimum absolute atomic E-state index is 0.0904. The van der Waals surface area contributed by atoms with Gasteiger partial charge in [0, 0.05) is 37.2 Å². The van der Waals surface area contributed by atoms with Gasteiger partial charge in [-0.1, -0.05) is 18.2 Å². The van der Waals surface area contributed by atoms with Gasteiger partial charge in [0.05, 0.1) is 0 Å². The maximum atomic E-state index is 13.8. The van der Waals surface area contributed by atoms with E-state index in [1.807, 2.05) is 0 Å². The molecule has 3 rings (SSSR count). The number of nitrogens with zero attached hydrogens (tertiary/aromatic N) is 1. The summed E-state index contributed by atoms with van der Waals surface area (Å²) in [5.74, 6) is -1.12. The molecule has 0 radical (unpaired) electrons. The summed E-state index contributed by atoms with van der Waals surface area (Å²) >= 11 is 0. The largest absolute Gasteiger partial charge is 0.350 e. The lowest BCUT2D eigenvalue weighted by Gasteiger charge is -2.26. The molecule has 1 heterocycles. The summed E-state index contributed by atoms with van der Waals surface area (Å²) in [5, 5.41) is 2.81. The third kappa shape index (κ3) is 5.60. The van der Waals surface area contributed by atoms with Gasteiger partial charge in [-0.15, -0.1) is 0 Å². The fourth-order valence-electron chi connectivity index (χ4n) is 3.65. The molecule has 1 aliphatic rings. The molecule has 0 spiro atoms. The molecule has 0 unspecified atom stereocenters. The average molecular weight is 401 g/mol. The Hall–Kier alpha value is -2.80. The van der Waals surface area contributed by atoms with Gasteiger partial charge >= 0.3 is 0 Å². The monoisotopic (exact) mass is 401 g/mol. The number of rotatable bonds is 7. The second-order valence-electron chi connectivity index (χ2n) is 7.36. The molecule has 2 aromatic rings. The van der Waals surface area contributed by atoms with Crippen molar-refractivity contribution in [3.8, 4) is 0 Å². The second-order valence-corrected chi connectivity index (χ2v) is 7.36. The van der Waals surface area contributed by atoms with Crippen molar-refractivity contribution in [2.75, 3.05) is 13.1 Å². The zero-order chi connectivity index (χ0) is 20.8. The quantitative estimate of drug-likeness (QED) is 0.749. The van der Waals surface area contributed by atoms with E-state index in [0.717, 1.165) is 12.8 Å². The van der Waals surface area contributed by atoms with Gasteiger partial charge in [0.25, 0.3) is 5.91 Å². The van der Waals surface area contributed by atoms with Crippen molar-refractivity contribution in [2.45, 2.75) is 37.8 Å². The molecule has 1 aliphatic heterocycles. The van der Waals surface area contributed by atoms with Crippen molar-refractivity contribution >= 4 is 11.8 Å². The van der Waals surface area contributed by atoms with Crippen molar-refractivity contribution < 1.29 is 18.4 Å². The van der Waals surface area contributed by atoms with Gasteiger partial charge < -0.3 is 16.0 Å². The molecule has 0 bridgehead atoms. The molecule has 2 atom stereocenters. The highest BCUT2D eigenvalue weighted by Crippen LogP contribution is 2.19. The van der Waals surface area contributed by atoms with E-state index in [0.29, 0.717) is 24.2 Å². The van der Waals surface area contributed by atoms with Crippen molar-refractivity contribution in [1.29, 1.82) is 0 Å². The highest BCUT2D eigenvalue weighted by Gasteiger charge is 2.29. The van der Waals surface area contributed by atoms with Gasteiger partial charge in [0.2, 0.25) is 5.91 Å². The van der Waals surface area contributed by atoms with Gasteiger partial charge in [-0.3, -0.25) is 9.59 Å². The number of likely N-dealkylation sites (tertiary alicyclic amines) is 1. The van der Waals surface area contributed by atoms with Crippen LogP contribution in [-0.4, -0.2) is 41.9 Å². The highest BCUT2D eigenvalue weighted by atomic mass is 19.1. The number of benzene rings is 2. The van der Waals surface area contributed by atoms with Crippen LogP contribution in [0.2, 0.25) is 0 Å². The Bertz CT molecular complexity index is 857. The maximum Gasteiger partial charge on any atom is 0.251 e. The van der Waals surface area contributed by atoms with Crippen molar-refractivity contribution in [1.82, 2.24) is 10.2 Å². The molecule has 3 N–H and O–H groups in total. The second kappa shape index (κ2) is 9.60. The van der Waals surface area contributed by atoms with Crippen LogP contribution >= 0.6 is 0 Å². The van der Waals surface area contributed by atoms with E-state index < -0.39 is 11.9 Å². The van der Waals surface area contributed by atoms with Gasteiger partial charge in [0.15, 0.2) is 0 Å². The van der Waals surface area contributed by atoms with Crippen LogP contribution in [0.3, 0.4) is 0 Å². The molecule has 2 amide bonds. The molecule has 0 saturated carbocycles. The van der Waals surface area contributed by atoms with E-state index in [-0.39, 0.29) is 36.5 Å². The Morgan fingerprint density at radius 1 is 1.14 bits per heavy atom. The van der Waals surface area contributed by atoms with Crippen LogP contribution in [0.15, 0.2) is 48.5 Å². The van der Waals surface area contributed by atoms with Crippen LogP contribution in [0.1, 0.15) is 35.2 Å².